The Morgan fingerprint density at radius 1 is 1.38 bits per heavy atom. The first-order valence-electron chi connectivity index (χ1n) is 6.82. The van der Waals surface area contributed by atoms with Crippen LogP contribution >= 0.6 is 0 Å². The van der Waals surface area contributed by atoms with Crippen LogP contribution in [0.15, 0.2) is 18.2 Å². The van der Waals surface area contributed by atoms with Gasteiger partial charge in [0.15, 0.2) is 0 Å². The first-order valence-corrected chi connectivity index (χ1v) is 6.82. The number of hydrogen-bond acceptors (Lipinski definition) is 2. The molecule has 2 aromatic rings. The van der Waals surface area contributed by atoms with E-state index in [-0.39, 0.29) is 11.2 Å². The standard InChI is InChI=1S/C17H20FN3/c1-6-9-21-15(19)14(20-16(21)17(3,4)5)12-8-7-11(2)13(18)10-12/h1,7-8,10H,9,19H2,2-5H3. The Kier molecular flexibility index (Phi) is 3.78. The van der Waals surface area contributed by atoms with E-state index in [1.165, 1.54) is 6.07 Å². The second-order valence-electron chi connectivity index (χ2n) is 6.17. The summed E-state index contributed by atoms with van der Waals surface area (Å²) in [6, 6.07) is 5.01. The third-order valence-corrected chi connectivity index (χ3v) is 3.37. The highest BCUT2D eigenvalue weighted by atomic mass is 19.1. The topological polar surface area (TPSA) is 43.8 Å². The van der Waals surface area contributed by atoms with Crippen molar-refractivity contribution in [2.24, 2.45) is 0 Å². The van der Waals surface area contributed by atoms with Crippen LogP contribution in [0.5, 0.6) is 0 Å². The molecule has 0 fully saturated rings. The average Bonchev–Trinajstić information content (AvgIpc) is 2.71. The molecule has 0 bridgehead atoms. The average molecular weight is 285 g/mol. The van der Waals surface area contributed by atoms with Gasteiger partial charge in [-0.15, -0.1) is 6.42 Å². The summed E-state index contributed by atoms with van der Waals surface area (Å²) in [5, 5.41) is 0. The van der Waals surface area contributed by atoms with Crippen molar-refractivity contribution in [2.45, 2.75) is 39.7 Å². The number of aryl methyl sites for hydroxylation is 1. The Balaban J connectivity index is 2.65. The monoisotopic (exact) mass is 285 g/mol. The van der Waals surface area contributed by atoms with Gasteiger partial charge in [0, 0.05) is 11.0 Å². The van der Waals surface area contributed by atoms with Crippen LogP contribution in [0.2, 0.25) is 0 Å². The fourth-order valence-corrected chi connectivity index (χ4v) is 2.24. The highest BCUT2D eigenvalue weighted by molar-refractivity contribution is 5.71. The number of imidazole rings is 1. The Bertz CT molecular complexity index is 715. The lowest BCUT2D eigenvalue weighted by Crippen LogP contribution is -2.19. The predicted octanol–water partition coefficient (Wildman–Crippen LogP) is 3.51. The smallest absolute Gasteiger partial charge is 0.132 e. The van der Waals surface area contributed by atoms with Crippen molar-refractivity contribution < 1.29 is 4.39 Å². The number of terminal acetylenes is 1. The van der Waals surface area contributed by atoms with Gasteiger partial charge < -0.3 is 10.3 Å². The summed E-state index contributed by atoms with van der Waals surface area (Å²) in [6.45, 7) is 8.20. The Morgan fingerprint density at radius 3 is 2.57 bits per heavy atom. The van der Waals surface area contributed by atoms with Crippen molar-refractivity contribution in [3.05, 3.63) is 35.4 Å². The zero-order valence-corrected chi connectivity index (χ0v) is 12.9. The van der Waals surface area contributed by atoms with Crippen LogP contribution in [0, 0.1) is 25.1 Å². The maximum absolute atomic E-state index is 13.8. The van der Waals surface area contributed by atoms with Gasteiger partial charge in [-0.1, -0.05) is 38.8 Å². The van der Waals surface area contributed by atoms with Crippen LogP contribution in [-0.4, -0.2) is 9.55 Å². The minimum Gasteiger partial charge on any atom is -0.383 e. The molecule has 0 spiro atoms. The number of anilines is 1. The number of rotatable bonds is 2. The third kappa shape index (κ3) is 2.78. The zero-order chi connectivity index (χ0) is 15.8. The normalized spacial score (nSPS) is 11.4. The van der Waals surface area contributed by atoms with Crippen LogP contribution in [0.1, 0.15) is 32.2 Å². The minimum absolute atomic E-state index is 0.202. The van der Waals surface area contributed by atoms with E-state index in [9.17, 15) is 4.39 Å². The third-order valence-electron chi connectivity index (χ3n) is 3.37. The maximum atomic E-state index is 13.8. The van der Waals surface area contributed by atoms with Crippen molar-refractivity contribution in [3.63, 3.8) is 0 Å². The van der Waals surface area contributed by atoms with Crippen LogP contribution < -0.4 is 5.73 Å². The summed E-state index contributed by atoms with van der Waals surface area (Å²) in [6.07, 6.45) is 5.42. The summed E-state index contributed by atoms with van der Waals surface area (Å²) >= 11 is 0. The second kappa shape index (κ2) is 5.25. The number of nitrogen functional groups attached to an aromatic ring is 1. The first kappa shape index (κ1) is 15.1. The summed E-state index contributed by atoms with van der Waals surface area (Å²) in [4.78, 5) is 4.62. The molecular formula is C17H20FN3. The van der Waals surface area contributed by atoms with Gasteiger partial charge in [0.1, 0.15) is 23.2 Å². The fourth-order valence-electron chi connectivity index (χ4n) is 2.24. The molecular weight excluding hydrogens is 265 g/mol. The molecule has 0 atom stereocenters. The fraction of sp³-hybridized carbons (Fsp3) is 0.353. The highest BCUT2D eigenvalue weighted by Crippen LogP contribution is 2.32. The molecule has 3 nitrogen and oxygen atoms in total. The Hall–Kier alpha value is -2.28. The molecule has 0 aliphatic carbocycles. The van der Waals surface area contributed by atoms with E-state index in [0.717, 1.165) is 5.82 Å². The molecule has 110 valence electrons. The molecule has 2 N–H and O–H groups in total. The molecule has 0 saturated heterocycles. The van der Waals surface area contributed by atoms with Crippen LogP contribution in [0.3, 0.4) is 0 Å². The van der Waals surface area contributed by atoms with E-state index in [0.29, 0.717) is 29.2 Å². The quantitative estimate of drug-likeness (QED) is 0.858. The summed E-state index contributed by atoms with van der Waals surface area (Å²) < 4.78 is 15.6. The number of nitrogens with two attached hydrogens (primary N) is 1. The Morgan fingerprint density at radius 2 is 2.05 bits per heavy atom. The van der Waals surface area contributed by atoms with Gasteiger partial charge >= 0.3 is 0 Å². The van der Waals surface area contributed by atoms with Crippen molar-refractivity contribution >= 4 is 5.82 Å². The molecule has 0 aliphatic rings. The lowest BCUT2D eigenvalue weighted by Gasteiger charge is -2.18. The van der Waals surface area contributed by atoms with Crippen molar-refractivity contribution in [3.8, 4) is 23.6 Å². The van der Waals surface area contributed by atoms with Crippen molar-refractivity contribution in [2.75, 3.05) is 5.73 Å². The van der Waals surface area contributed by atoms with Crippen LogP contribution in [0.25, 0.3) is 11.3 Å². The SMILES string of the molecule is C#CCn1c(C(C)(C)C)nc(-c2ccc(C)c(F)c2)c1N. The second-order valence-corrected chi connectivity index (χ2v) is 6.17. The van der Waals surface area contributed by atoms with Gasteiger partial charge in [0.2, 0.25) is 0 Å². The molecule has 0 aliphatic heterocycles. The molecule has 0 amide bonds. The van der Waals surface area contributed by atoms with Gasteiger partial charge in [-0.05, 0) is 18.6 Å². The van der Waals surface area contributed by atoms with E-state index in [1.54, 1.807) is 13.0 Å². The largest absolute Gasteiger partial charge is 0.383 e. The minimum atomic E-state index is -0.268. The lowest BCUT2D eigenvalue weighted by atomic mass is 9.95. The molecule has 0 unspecified atom stereocenters. The van der Waals surface area contributed by atoms with Crippen molar-refractivity contribution in [1.82, 2.24) is 9.55 Å². The summed E-state index contributed by atoms with van der Waals surface area (Å²) in [5.74, 6) is 3.60. The van der Waals surface area contributed by atoms with E-state index in [1.807, 2.05) is 31.4 Å². The van der Waals surface area contributed by atoms with E-state index in [4.69, 9.17) is 12.2 Å². The summed E-state index contributed by atoms with van der Waals surface area (Å²) in [5.41, 5.74) is 7.82. The molecule has 0 saturated carbocycles. The number of aromatic nitrogens is 2. The molecule has 2 rings (SSSR count). The van der Waals surface area contributed by atoms with Crippen LogP contribution in [-0.2, 0) is 12.0 Å². The van der Waals surface area contributed by atoms with Gasteiger partial charge in [-0.25, -0.2) is 9.37 Å². The van der Waals surface area contributed by atoms with E-state index >= 15 is 0 Å². The first-order chi connectivity index (χ1) is 9.75. The molecule has 1 heterocycles. The predicted molar refractivity (Wildman–Crippen MR) is 84.3 cm³/mol. The number of nitrogens with zero attached hydrogens (tertiary/aromatic N) is 2. The van der Waals surface area contributed by atoms with E-state index in [2.05, 4.69) is 10.9 Å². The zero-order valence-electron chi connectivity index (χ0n) is 12.9. The molecule has 21 heavy (non-hydrogen) atoms. The van der Waals surface area contributed by atoms with Gasteiger partial charge in [-0.2, -0.15) is 0 Å². The lowest BCUT2D eigenvalue weighted by molar-refractivity contribution is 0.517. The number of benzene rings is 1. The van der Waals surface area contributed by atoms with Gasteiger partial charge in [0.25, 0.3) is 0 Å². The van der Waals surface area contributed by atoms with Crippen molar-refractivity contribution in [1.29, 1.82) is 0 Å². The van der Waals surface area contributed by atoms with E-state index < -0.39 is 0 Å². The van der Waals surface area contributed by atoms with Gasteiger partial charge in [-0.3, -0.25) is 0 Å². The number of hydrogen-bond donors (Lipinski definition) is 1. The van der Waals surface area contributed by atoms with Gasteiger partial charge in [0.05, 0.1) is 6.54 Å². The summed E-state index contributed by atoms with van der Waals surface area (Å²) in [7, 11) is 0. The Labute approximate surface area is 125 Å². The number of halogens is 1. The maximum Gasteiger partial charge on any atom is 0.132 e. The molecule has 1 aromatic carbocycles. The molecule has 1 aromatic heterocycles. The highest BCUT2D eigenvalue weighted by Gasteiger charge is 2.25. The molecule has 0 radical (unpaired) electrons. The van der Waals surface area contributed by atoms with Crippen LogP contribution in [0.4, 0.5) is 10.2 Å². The molecule has 4 heteroatoms.